The quantitative estimate of drug-likeness (QED) is 0.543. The molecule has 4 saturated carbocycles. The highest BCUT2D eigenvalue weighted by atomic mass is 79.9. The molecule has 3 heteroatoms. The smallest absolute Gasteiger partial charge is 0.220 e. The third-order valence-corrected chi connectivity index (χ3v) is 6.39. The molecule has 20 heavy (non-hydrogen) atoms. The van der Waals surface area contributed by atoms with Crippen LogP contribution in [0.1, 0.15) is 64.2 Å². The molecule has 0 radical (unpaired) electrons. The average molecular weight is 342 g/mol. The first-order valence-corrected chi connectivity index (χ1v) is 9.64. The summed E-state index contributed by atoms with van der Waals surface area (Å²) in [5.41, 5.74) is 0.398. The lowest BCUT2D eigenvalue weighted by Gasteiger charge is -2.56. The van der Waals surface area contributed by atoms with E-state index in [1.54, 1.807) is 0 Å². The van der Waals surface area contributed by atoms with E-state index in [1.807, 2.05) is 0 Å². The van der Waals surface area contributed by atoms with Crippen LogP contribution in [0.25, 0.3) is 0 Å². The summed E-state index contributed by atoms with van der Waals surface area (Å²) in [6.07, 6.45) is 12.8. The fourth-order valence-corrected chi connectivity index (χ4v) is 5.93. The van der Waals surface area contributed by atoms with Gasteiger partial charge in [-0.25, -0.2) is 0 Å². The highest BCUT2D eigenvalue weighted by Gasteiger charge is 2.51. The summed E-state index contributed by atoms with van der Waals surface area (Å²) >= 11 is 3.45. The third kappa shape index (κ3) is 3.40. The van der Waals surface area contributed by atoms with E-state index in [9.17, 15) is 4.79 Å². The Morgan fingerprint density at radius 2 is 1.60 bits per heavy atom. The van der Waals surface area contributed by atoms with E-state index in [4.69, 9.17) is 0 Å². The topological polar surface area (TPSA) is 29.1 Å². The molecule has 0 aromatic heterocycles. The van der Waals surface area contributed by atoms with Crippen molar-refractivity contribution in [2.75, 3.05) is 11.9 Å². The molecule has 0 aromatic rings. The largest absolute Gasteiger partial charge is 0.356 e. The highest BCUT2D eigenvalue weighted by Crippen LogP contribution is 2.61. The summed E-state index contributed by atoms with van der Waals surface area (Å²) in [5, 5.41) is 4.24. The predicted octanol–water partition coefficient (Wildman–Crippen LogP) is 4.27. The predicted molar refractivity (Wildman–Crippen MR) is 85.9 cm³/mol. The van der Waals surface area contributed by atoms with E-state index in [2.05, 4.69) is 21.2 Å². The Kier molecular flexibility index (Phi) is 4.74. The summed E-state index contributed by atoms with van der Waals surface area (Å²) in [6, 6.07) is 0. The van der Waals surface area contributed by atoms with Crippen molar-refractivity contribution < 1.29 is 4.79 Å². The minimum absolute atomic E-state index is 0.325. The third-order valence-electron chi connectivity index (χ3n) is 5.83. The maximum Gasteiger partial charge on any atom is 0.220 e. The first-order chi connectivity index (χ1) is 9.69. The Morgan fingerprint density at radius 3 is 2.15 bits per heavy atom. The molecule has 0 unspecified atom stereocenters. The molecule has 1 amide bonds. The lowest BCUT2D eigenvalue weighted by molar-refractivity contribution is -0.129. The molecule has 0 aromatic carbocycles. The van der Waals surface area contributed by atoms with Gasteiger partial charge in [0.25, 0.3) is 0 Å². The normalized spacial score (nSPS) is 38.1. The van der Waals surface area contributed by atoms with Crippen LogP contribution in [-0.2, 0) is 4.79 Å². The van der Waals surface area contributed by atoms with Gasteiger partial charge in [-0.15, -0.1) is 0 Å². The second kappa shape index (κ2) is 6.37. The maximum absolute atomic E-state index is 12.2. The van der Waals surface area contributed by atoms with Gasteiger partial charge in [-0.2, -0.15) is 0 Å². The molecule has 4 bridgehead atoms. The van der Waals surface area contributed by atoms with Gasteiger partial charge in [0.2, 0.25) is 5.91 Å². The fourth-order valence-electron chi connectivity index (χ4n) is 5.53. The fraction of sp³-hybridized carbons (Fsp3) is 0.941. The van der Waals surface area contributed by atoms with Crippen molar-refractivity contribution in [1.29, 1.82) is 0 Å². The van der Waals surface area contributed by atoms with Crippen LogP contribution in [0.15, 0.2) is 0 Å². The Bertz CT molecular complexity index is 320. The van der Waals surface area contributed by atoms with Gasteiger partial charge in [0.05, 0.1) is 0 Å². The van der Waals surface area contributed by atoms with Gasteiger partial charge < -0.3 is 5.32 Å². The van der Waals surface area contributed by atoms with Gasteiger partial charge >= 0.3 is 0 Å². The van der Waals surface area contributed by atoms with Crippen LogP contribution in [0, 0.1) is 23.2 Å². The van der Waals surface area contributed by atoms with Crippen molar-refractivity contribution in [2.45, 2.75) is 64.2 Å². The number of alkyl halides is 1. The van der Waals surface area contributed by atoms with Crippen molar-refractivity contribution in [3.8, 4) is 0 Å². The first kappa shape index (κ1) is 14.9. The van der Waals surface area contributed by atoms with E-state index in [0.29, 0.717) is 11.3 Å². The van der Waals surface area contributed by atoms with Gasteiger partial charge in [0, 0.05) is 18.3 Å². The lowest BCUT2D eigenvalue weighted by Crippen LogP contribution is -2.48. The zero-order chi connectivity index (χ0) is 14.0. The average Bonchev–Trinajstić information content (AvgIpc) is 2.36. The van der Waals surface area contributed by atoms with Crippen LogP contribution in [-0.4, -0.2) is 17.8 Å². The number of halogens is 1. The molecule has 0 heterocycles. The molecule has 0 spiro atoms. The van der Waals surface area contributed by atoms with E-state index >= 15 is 0 Å². The highest BCUT2D eigenvalue weighted by molar-refractivity contribution is 9.09. The second-order valence-corrected chi connectivity index (χ2v) is 8.49. The number of carbonyl (C=O) groups excluding carboxylic acids is 1. The van der Waals surface area contributed by atoms with Gasteiger partial charge in [-0.1, -0.05) is 22.4 Å². The van der Waals surface area contributed by atoms with Crippen molar-refractivity contribution in [3.63, 3.8) is 0 Å². The summed E-state index contributed by atoms with van der Waals surface area (Å²) in [6.45, 7) is 0.873. The number of amides is 1. The lowest BCUT2D eigenvalue weighted by atomic mass is 9.49. The molecule has 114 valence electrons. The molecule has 0 saturated heterocycles. The molecule has 0 atom stereocenters. The molecular formula is C17H28BrNO. The van der Waals surface area contributed by atoms with E-state index in [1.165, 1.54) is 51.4 Å². The van der Waals surface area contributed by atoms with Crippen LogP contribution in [0.3, 0.4) is 0 Å². The molecular weight excluding hydrogens is 314 g/mol. The molecule has 4 rings (SSSR count). The minimum atomic E-state index is 0.325. The van der Waals surface area contributed by atoms with Gasteiger partial charge in [-0.05, 0) is 74.5 Å². The van der Waals surface area contributed by atoms with Crippen molar-refractivity contribution in [1.82, 2.24) is 5.32 Å². The van der Waals surface area contributed by atoms with E-state index in [-0.39, 0.29) is 0 Å². The van der Waals surface area contributed by atoms with E-state index < -0.39 is 0 Å². The van der Waals surface area contributed by atoms with Crippen LogP contribution in [0.4, 0.5) is 0 Å². The summed E-state index contributed by atoms with van der Waals surface area (Å²) < 4.78 is 0. The number of unbranched alkanes of at least 4 members (excludes halogenated alkanes) is 2. The SMILES string of the molecule is O=C(CC12CC3CC(CC(C3)C1)C2)NCCCCCBr. The minimum Gasteiger partial charge on any atom is -0.356 e. The first-order valence-electron chi connectivity index (χ1n) is 8.52. The number of rotatable bonds is 7. The van der Waals surface area contributed by atoms with Crippen molar-refractivity contribution >= 4 is 21.8 Å². The Hall–Kier alpha value is -0.0500. The van der Waals surface area contributed by atoms with Crippen molar-refractivity contribution in [2.24, 2.45) is 23.2 Å². The van der Waals surface area contributed by atoms with Crippen LogP contribution >= 0.6 is 15.9 Å². The Morgan fingerprint density at radius 1 is 1.00 bits per heavy atom. The molecule has 2 nitrogen and oxygen atoms in total. The number of carbonyl (C=O) groups is 1. The van der Waals surface area contributed by atoms with Crippen LogP contribution in [0.5, 0.6) is 0 Å². The van der Waals surface area contributed by atoms with Gasteiger partial charge in [0.1, 0.15) is 0 Å². The zero-order valence-corrected chi connectivity index (χ0v) is 14.1. The maximum atomic E-state index is 12.2. The van der Waals surface area contributed by atoms with Gasteiger partial charge in [0.15, 0.2) is 0 Å². The molecule has 4 aliphatic rings. The second-order valence-electron chi connectivity index (χ2n) is 7.69. The summed E-state index contributed by atoms with van der Waals surface area (Å²) in [5.74, 6) is 3.18. The van der Waals surface area contributed by atoms with Crippen LogP contribution < -0.4 is 5.32 Å². The van der Waals surface area contributed by atoms with E-state index in [0.717, 1.165) is 42.5 Å². The number of nitrogens with one attached hydrogen (secondary N) is 1. The Balaban J connectivity index is 1.44. The monoisotopic (exact) mass is 341 g/mol. The molecule has 1 N–H and O–H groups in total. The number of hydrogen-bond donors (Lipinski definition) is 1. The molecule has 4 aliphatic carbocycles. The summed E-state index contributed by atoms with van der Waals surface area (Å²) in [7, 11) is 0. The molecule has 4 fully saturated rings. The van der Waals surface area contributed by atoms with Crippen LogP contribution in [0.2, 0.25) is 0 Å². The Labute approximate surface area is 131 Å². The number of hydrogen-bond acceptors (Lipinski definition) is 1. The standard InChI is InChI=1S/C17H28BrNO/c18-4-2-1-3-5-19-16(20)12-17-9-13-6-14(10-17)8-15(7-13)11-17/h13-15H,1-12H2,(H,19,20). The summed E-state index contributed by atoms with van der Waals surface area (Å²) in [4.78, 5) is 12.2. The zero-order valence-electron chi connectivity index (χ0n) is 12.5. The van der Waals surface area contributed by atoms with Gasteiger partial charge in [-0.3, -0.25) is 4.79 Å². The molecule has 0 aliphatic heterocycles. The van der Waals surface area contributed by atoms with Crippen molar-refractivity contribution in [3.05, 3.63) is 0 Å².